The van der Waals surface area contributed by atoms with E-state index in [1.54, 1.807) is 43.5 Å². The summed E-state index contributed by atoms with van der Waals surface area (Å²) in [5.74, 6) is 0.348. The molecule has 1 heterocycles. The molecule has 1 aliphatic rings. The average Bonchev–Trinajstić information content (AvgIpc) is 3.07. The molecule has 1 saturated heterocycles. The maximum atomic E-state index is 14.3. The van der Waals surface area contributed by atoms with E-state index in [9.17, 15) is 9.18 Å². The van der Waals surface area contributed by atoms with E-state index >= 15 is 0 Å². The van der Waals surface area contributed by atoms with Crippen molar-refractivity contribution < 1.29 is 18.7 Å². The topological polar surface area (TPSA) is 38.8 Å². The summed E-state index contributed by atoms with van der Waals surface area (Å²) in [4.78, 5) is 14.7. The lowest BCUT2D eigenvalue weighted by Crippen LogP contribution is -2.28. The molecule has 0 atom stereocenters. The summed E-state index contributed by atoms with van der Waals surface area (Å²) in [5.41, 5.74) is 3.01. The maximum Gasteiger partial charge on any atom is 0.270 e. The maximum absolute atomic E-state index is 14.3. The summed E-state index contributed by atoms with van der Waals surface area (Å²) in [6.07, 6.45) is 1.70. The van der Waals surface area contributed by atoms with Crippen LogP contribution in [0.3, 0.4) is 0 Å². The number of carbonyl (C=O) groups is 1. The zero-order chi connectivity index (χ0) is 22.7. The fourth-order valence-corrected chi connectivity index (χ4v) is 4.55. The van der Waals surface area contributed by atoms with Gasteiger partial charge in [0.05, 0.1) is 17.7 Å². The van der Waals surface area contributed by atoms with Crippen LogP contribution in [0.25, 0.3) is 6.08 Å². The highest BCUT2D eigenvalue weighted by Crippen LogP contribution is 2.38. The summed E-state index contributed by atoms with van der Waals surface area (Å²) < 4.78 is 26.0. The molecule has 0 spiro atoms. The third-order valence-corrected chi connectivity index (χ3v) is 6.34. The van der Waals surface area contributed by atoms with E-state index in [0.717, 1.165) is 22.9 Å². The van der Waals surface area contributed by atoms with Crippen molar-refractivity contribution in [2.75, 3.05) is 12.0 Å². The van der Waals surface area contributed by atoms with Crippen molar-refractivity contribution in [3.8, 4) is 11.5 Å². The van der Waals surface area contributed by atoms with Crippen LogP contribution in [-0.2, 0) is 11.4 Å². The monoisotopic (exact) mass is 465 g/mol. The van der Waals surface area contributed by atoms with E-state index < -0.39 is 5.82 Å². The van der Waals surface area contributed by atoms with Gasteiger partial charge in [-0.3, -0.25) is 9.69 Å². The molecule has 4 nitrogen and oxygen atoms in total. The molecule has 1 aliphatic heterocycles. The lowest BCUT2D eigenvalue weighted by atomic mass is 10.1. The second kappa shape index (κ2) is 9.54. The van der Waals surface area contributed by atoms with E-state index in [2.05, 4.69) is 0 Å². The first-order chi connectivity index (χ1) is 15.5. The summed E-state index contributed by atoms with van der Waals surface area (Å²) in [6, 6.07) is 19.5. The highest BCUT2D eigenvalue weighted by molar-refractivity contribution is 8.27. The highest BCUT2D eigenvalue weighted by Gasteiger charge is 2.34. The standard InChI is InChI=1S/C25H20FNO3S2/c1-16-7-3-4-8-17(16)15-30-22-12-11-19(29-2)13-18(22)14-23-24(28)27(25(31)32-23)21-10-6-5-9-20(21)26/h3-14H,15H2,1-2H3/b23-14-. The van der Waals surface area contributed by atoms with Crippen molar-refractivity contribution >= 4 is 46.0 Å². The van der Waals surface area contributed by atoms with Gasteiger partial charge in [-0.2, -0.15) is 0 Å². The predicted octanol–water partition coefficient (Wildman–Crippen LogP) is 6.13. The van der Waals surface area contributed by atoms with Crippen LogP contribution >= 0.6 is 24.0 Å². The van der Waals surface area contributed by atoms with Crippen molar-refractivity contribution in [3.05, 3.63) is 94.1 Å². The number of hydrogen-bond donors (Lipinski definition) is 0. The number of methoxy groups -OCH3 is 1. The zero-order valence-corrected chi connectivity index (χ0v) is 19.1. The van der Waals surface area contributed by atoms with Crippen LogP contribution in [0, 0.1) is 12.7 Å². The second-order valence-corrected chi connectivity index (χ2v) is 8.76. The summed E-state index contributed by atoms with van der Waals surface area (Å²) >= 11 is 6.49. The normalized spacial score (nSPS) is 14.8. The molecule has 3 aromatic rings. The fraction of sp³-hybridized carbons (Fsp3) is 0.120. The first-order valence-electron chi connectivity index (χ1n) is 9.86. The Balaban J connectivity index is 1.65. The van der Waals surface area contributed by atoms with Gasteiger partial charge in [-0.15, -0.1) is 0 Å². The molecule has 0 radical (unpaired) electrons. The molecule has 4 rings (SSSR count). The van der Waals surface area contributed by atoms with Crippen molar-refractivity contribution in [1.29, 1.82) is 0 Å². The molecular weight excluding hydrogens is 445 g/mol. The molecule has 0 aromatic heterocycles. The van der Waals surface area contributed by atoms with Gasteiger partial charge in [0, 0.05) is 5.56 Å². The Labute approximate surface area is 195 Å². The number of para-hydroxylation sites is 1. The van der Waals surface area contributed by atoms with Crippen molar-refractivity contribution in [2.24, 2.45) is 0 Å². The summed E-state index contributed by atoms with van der Waals surface area (Å²) in [6.45, 7) is 2.41. The Morgan fingerprint density at radius 2 is 1.84 bits per heavy atom. The third-order valence-electron chi connectivity index (χ3n) is 5.04. The molecule has 0 aliphatic carbocycles. The van der Waals surface area contributed by atoms with Crippen LogP contribution in [0.5, 0.6) is 11.5 Å². The number of nitrogens with zero attached hydrogens (tertiary/aromatic N) is 1. The summed E-state index contributed by atoms with van der Waals surface area (Å²) in [5, 5.41) is 0. The molecule has 0 saturated carbocycles. The molecule has 0 bridgehead atoms. The van der Waals surface area contributed by atoms with Crippen molar-refractivity contribution in [1.82, 2.24) is 0 Å². The number of rotatable bonds is 6. The summed E-state index contributed by atoms with van der Waals surface area (Å²) in [7, 11) is 1.57. The number of halogens is 1. The Morgan fingerprint density at radius 3 is 2.59 bits per heavy atom. The minimum Gasteiger partial charge on any atom is -0.497 e. The number of amides is 1. The Morgan fingerprint density at radius 1 is 1.09 bits per heavy atom. The average molecular weight is 466 g/mol. The van der Waals surface area contributed by atoms with Gasteiger partial charge in [0.1, 0.15) is 23.9 Å². The molecule has 7 heteroatoms. The molecular formula is C25H20FNO3S2. The minimum absolute atomic E-state index is 0.139. The van der Waals surface area contributed by atoms with E-state index in [1.807, 2.05) is 31.2 Å². The molecule has 162 valence electrons. The number of carbonyl (C=O) groups excluding carboxylic acids is 1. The Kier molecular flexibility index (Phi) is 6.58. The SMILES string of the molecule is COc1ccc(OCc2ccccc2C)c(/C=C2\SC(=S)N(c3ccccc3F)C2=O)c1. The first kappa shape index (κ1) is 22.0. The molecule has 0 N–H and O–H groups in total. The lowest BCUT2D eigenvalue weighted by Gasteiger charge is -2.15. The highest BCUT2D eigenvalue weighted by atomic mass is 32.2. The third kappa shape index (κ3) is 4.54. The number of thioether (sulfide) groups is 1. The number of benzene rings is 3. The minimum atomic E-state index is -0.506. The van der Waals surface area contributed by atoms with Gasteiger partial charge in [0.15, 0.2) is 4.32 Å². The van der Waals surface area contributed by atoms with E-state index in [0.29, 0.717) is 28.6 Å². The van der Waals surface area contributed by atoms with Gasteiger partial charge in [-0.25, -0.2) is 4.39 Å². The van der Waals surface area contributed by atoms with Crippen LogP contribution in [0.15, 0.2) is 71.6 Å². The van der Waals surface area contributed by atoms with Crippen LogP contribution in [0.2, 0.25) is 0 Å². The smallest absolute Gasteiger partial charge is 0.270 e. The van der Waals surface area contributed by atoms with Crippen LogP contribution < -0.4 is 14.4 Å². The molecule has 1 amide bonds. The van der Waals surface area contributed by atoms with Crippen LogP contribution in [0.4, 0.5) is 10.1 Å². The van der Waals surface area contributed by atoms with Gasteiger partial charge in [0.2, 0.25) is 0 Å². The largest absolute Gasteiger partial charge is 0.497 e. The van der Waals surface area contributed by atoms with E-state index in [4.69, 9.17) is 21.7 Å². The number of aryl methyl sites for hydroxylation is 1. The Bertz CT molecular complexity index is 1230. The van der Waals surface area contributed by atoms with Crippen LogP contribution in [-0.4, -0.2) is 17.3 Å². The van der Waals surface area contributed by atoms with Gasteiger partial charge >= 0.3 is 0 Å². The van der Waals surface area contributed by atoms with Gasteiger partial charge in [0.25, 0.3) is 5.91 Å². The number of anilines is 1. The molecule has 1 fully saturated rings. The van der Waals surface area contributed by atoms with Gasteiger partial charge < -0.3 is 9.47 Å². The van der Waals surface area contributed by atoms with Gasteiger partial charge in [-0.05, 0) is 54.5 Å². The van der Waals surface area contributed by atoms with Crippen molar-refractivity contribution in [3.63, 3.8) is 0 Å². The van der Waals surface area contributed by atoms with Crippen molar-refractivity contribution in [2.45, 2.75) is 13.5 Å². The molecule has 3 aromatic carbocycles. The van der Waals surface area contributed by atoms with Crippen LogP contribution in [0.1, 0.15) is 16.7 Å². The number of hydrogen-bond acceptors (Lipinski definition) is 5. The Hall–Kier alpha value is -3.16. The second-order valence-electron chi connectivity index (χ2n) is 7.09. The molecule has 0 unspecified atom stereocenters. The number of thiocarbonyl (C=S) groups is 1. The van der Waals surface area contributed by atoms with E-state index in [-0.39, 0.29) is 15.9 Å². The zero-order valence-electron chi connectivity index (χ0n) is 17.5. The predicted molar refractivity (Wildman–Crippen MR) is 131 cm³/mol. The lowest BCUT2D eigenvalue weighted by molar-refractivity contribution is -0.113. The quantitative estimate of drug-likeness (QED) is 0.324. The molecule has 32 heavy (non-hydrogen) atoms. The van der Waals surface area contributed by atoms with Gasteiger partial charge in [-0.1, -0.05) is 60.4 Å². The van der Waals surface area contributed by atoms with E-state index in [1.165, 1.54) is 17.0 Å². The fourth-order valence-electron chi connectivity index (χ4n) is 3.28. The first-order valence-corrected chi connectivity index (χ1v) is 11.1. The number of ether oxygens (including phenoxy) is 2.